The van der Waals surface area contributed by atoms with Gasteiger partial charge in [-0.3, -0.25) is 4.79 Å². The van der Waals surface area contributed by atoms with Crippen LogP contribution in [0.25, 0.3) is 0 Å². The molecule has 0 saturated carbocycles. The standard InChI is InChI=1S/C10H18O2/c1-6-7-8(2)12-9(11)10(3,4)5/h6-8H,1-5H3/b7-6+. The van der Waals surface area contributed by atoms with Gasteiger partial charge in [0.15, 0.2) is 0 Å². The molecule has 2 nitrogen and oxygen atoms in total. The normalized spacial score (nSPS) is 14.8. The molecule has 0 fully saturated rings. The molecule has 1 atom stereocenters. The number of hydrogen-bond acceptors (Lipinski definition) is 2. The summed E-state index contributed by atoms with van der Waals surface area (Å²) in [5.74, 6) is -0.159. The first-order valence-corrected chi connectivity index (χ1v) is 4.22. The van der Waals surface area contributed by atoms with Crippen molar-refractivity contribution in [3.05, 3.63) is 12.2 Å². The van der Waals surface area contributed by atoms with Crippen molar-refractivity contribution in [3.8, 4) is 0 Å². The topological polar surface area (TPSA) is 26.3 Å². The van der Waals surface area contributed by atoms with Crippen molar-refractivity contribution in [1.82, 2.24) is 0 Å². The first-order chi connectivity index (χ1) is 5.38. The van der Waals surface area contributed by atoms with Gasteiger partial charge in [0.25, 0.3) is 0 Å². The number of carbonyl (C=O) groups excluding carboxylic acids is 1. The van der Waals surface area contributed by atoms with E-state index in [4.69, 9.17) is 4.74 Å². The van der Waals surface area contributed by atoms with Gasteiger partial charge in [0.2, 0.25) is 0 Å². The lowest BCUT2D eigenvalue weighted by atomic mass is 9.97. The third-order valence-corrected chi connectivity index (χ3v) is 1.37. The van der Waals surface area contributed by atoms with Gasteiger partial charge in [0, 0.05) is 0 Å². The summed E-state index contributed by atoms with van der Waals surface area (Å²) in [7, 11) is 0. The highest BCUT2D eigenvalue weighted by atomic mass is 16.5. The maximum absolute atomic E-state index is 11.3. The number of carbonyl (C=O) groups is 1. The Balaban J connectivity index is 4.02. The quantitative estimate of drug-likeness (QED) is 0.470. The smallest absolute Gasteiger partial charge is 0.311 e. The van der Waals surface area contributed by atoms with Crippen LogP contribution in [0.5, 0.6) is 0 Å². The van der Waals surface area contributed by atoms with E-state index < -0.39 is 5.41 Å². The first kappa shape index (κ1) is 11.2. The predicted molar refractivity (Wildman–Crippen MR) is 49.8 cm³/mol. The fourth-order valence-electron chi connectivity index (χ4n) is 0.656. The highest BCUT2D eigenvalue weighted by molar-refractivity contribution is 5.75. The van der Waals surface area contributed by atoms with Gasteiger partial charge < -0.3 is 4.74 Å². The highest BCUT2D eigenvalue weighted by Crippen LogP contribution is 2.16. The summed E-state index contributed by atoms with van der Waals surface area (Å²) in [6.07, 6.45) is 3.60. The minimum Gasteiger partial charge on any atom is -0.458 e. The molecule has 0 saturated heterocycles. The van der Waals surface area contributed by atoms with Crippen LogP contribution in [0.1, 0.15) is 34.6 Å². The zero-order valence-electron chi connectivity index (χ0n) is 8.55. The SMILES string of the molecule is C/C=C/C(C)OC(=O)C(C)(C)C. The molecule has 0 bridgehead atoms. The van der Waals surface area contributed by atoms with Gasteiger partial charge in [0.1, 0.15) is 6.10 Å². The second-order valence-corrected chi connectivity index (χ2v) is 3.89. The lowest BCUT2D eigenvalue weighted by Crippen LogP contribution is -2.26. The van der Waals surface area contributed by atoms with Crippen LogP contribution < -0.4 is 0 Å². The number of allylic oxidation sites excluding steroid dienone is 1. The minimum atomic E-state index is -0.407. The number of esters is 1. The van der Waals surface area contributed by atoms with Gasteiger partial charge >= 0.3 is 5.97 Å². The van der Waals surface area contributed by atoms with Gasteiger partial charge in [-0.15, -0.1) is 0 Å². The monoisotopic (exact) mass is 170 g/mol. The third kappa shape index (κ3) is 4.16. The van der Waals surface area contributed by atoms with Gasteiger partial charge in [0.05, 0.1) is 5.41 Å². The van der Waals surface area contributed by atoms with E-state index in [9.17, 15) is 4.79 Å². The zero-order chi connectivity index (χ0) is 9.78. The van der Waals surface area contributed by atoms with Crippen LogP contribution in [-0.4, -0.2) is 12.1 Å². The molecule has 0 aliphatic rings. The number of hydrogen-bond donors (Lipinski definition) is 0. The molecule has 70 valence electrons. The largest absolute Gasteiger partial charge is 0.458 e. The molecule has 12 heavy (non-hydrogen) atoms. The average Bonchev–Trinajstić information content (AvgIpc) is 1.85. The predicted octanol–water partition coefficient (Wildman–Crippen LogP) is 2.54. The second-order valence-electron chi connectivity index (χ2n) is 3.89. The van der Waals surface area contributed by atoms with Crippen LogP contribution in [0, 0.1) is 5.41 Å². The van der Waals surface area contributed by atoms with E-state index in [0.717, 1.165) is 0 Å². The summed E-state index contributed by atoms with van der Waals surface area (Å²) in [5, 5.41) is 0. The van der Waals surface area contributed by atoms with Crippen molar-refractivity contribution in [3.63, 3.8) is 0 Å². The van der Waals surface area contributed by atoms with Crippen LogP contribution >= 0.6 is 0 Å². The summed E-state index contributed by atoms with van der Waals surface area (Å²) in [6.45, 7) is 9.29. The minimum absolute atomic E-state index is 0.123. The summed E-state index contributed by atoms with van der Waals surface area (Å²) < 4.78 is 5.13. The maximum atomic E-state index is 11.3. The molecule has 0 heterocycles. The third-order valence-electron chi connectivity index (χ3n) is 1.37. The van der Waals surface area contributed by atoms with Gasteiger partial charge in [-0.2, -0.15) is 0 Å². The van der Waals surface area contributed by atoms with E-state index in [1.165, 1.54) is 0 Å². The maximum Gasteiger partial charge on any atom is 0.311 e. The molecule has 0 N–H and O–H groups in total. The molecule has 0 aliphatic carbocycles. The molecule has 2 heteroatoms. The van der Waals surface area contributed by atoms with Gasteiger partial charge in [-0.25, -0.2) is 0 Å². The van der Waals surface area contributed by atoms with E-state index in [-0.39, 0.29) is 12.1 Å². The Hall–Kier alpha value is -0.790. The van der Waals surface area contributed by atoms with Gasteiger partial charge in [-0.05, 0) is 40.7 Å². The fourth-order valence-corrected chi connectivity index (χ4v) is 0.656. The summed E-state index contributed by atoms with van der Waals surface area (Å²) >= 11 is 0. The molecular formula is C10H18O2. The van der Waals surface area contributed by atoms with Crippen LogP contribution in [0.2, 0.25) is 0 Å². The van der Waals surface area contributed by atoms with E-state index in [0.29, 0.717) is 0 Å². The van der Waals surface area contributed by atoms with E-state index in [1.807, 2.05) is 46.8 Å². The van der Waals surface area contributed by atoms with E-state index in [2.05, 4.69) is 0 Å². The molecule has 0 spiro atoms. The Morgan fingerprint density at radius 3 is 2.25 bits per heavy atom. The molecule has 0 amide bonds. The molecule has 0 aromatic rings. The lowest BCUT2D eigenvalue weighted by Gasteiger charge is -2.18. The Morgan fingerprint density at radius 1 is 1.42 bits per heavy atom. The number of ether oxygens (including phenoxy) is 1. The van der Waals surface area contributed by atoms with Crippen molar-refractivity contribution < 1.29 is 9.53 Å². The lowest BCUT2D eigenvalue weighted by molar-refractivity contribution is -0.155. The molecule has 0 aromatic heterocycles. The molecule has 0 radical (unpaired) electrons. The summed E-state index contributed by atoms with van der Waals surface area (Å²) in [5.41, 5.74) is -0.407. The van der Waals surface area contributed by atoms with E-state index >= 15 is 0 Å². The summed E-state index contributed by atoms with van der Waals surface area (Å²) in [4.78, 5) is 11.3. The van der Waals surface area contributed by atoms with Crippen molar-refractivity contribution in [2.45, 2.75) is 40.7 Å². The zero-order valence-corrected chi connectivity index (χ0v) is 8.55. The van der Waals surface area contributed by atoms with Crippen LogP contribution in [0.3, 0.4) is 0 Å². The Labute approximate surface area is 74.6 Å². The second kappa shape index (κ2) is 4.29. The van der Waals surface area contributed by atoms with E-state index in [1.54, 1.807) is 0 Å². The van der Waals surface area contributed by atoms with Gasteiger partial charge in [-0.1, -0.05) is 6.08 Å². The van der Waals surface area contributed by atoms with Crippen molar-refractivity contribution in [2.75, 3.05) is 0 Å². The molecule has 0 aliphatic heterocycles. The van der Waals surface area contributed by atoms with Crippen molar-refractivity contribution >= 4 is 5.97 Å². The molecule has 0 aromatic carbocycles. The van der Waals surface area contributed by atoms with Crippen molar-refractivity contribution in [1.29, 1.82) is 0 Å². The molecular weight excluding hydrogens is 152 g/mol. The fraction of sp³-hybridized carbons (Fsp3) is 0.700. The van der Waals surface area contributed by atoms with Crippen LogP contribution in [0.4, 0.5) is 0 Å². The Bertz CT molecular complexity index is 175. The number of rotatable bonds is 2. The Morgan fingerprint density at radius 2 is 1.92 bits per heavy atom. The molecule has 0 rings (SSSR count). The Kier molecular flexibility index (Phi) is 4.01. The first-order valence-electron chi connectivity index (χ1n) is 4.22. The average molecular weight is 170 g/mol. The van der Waals surface area contributed by atoms with Crippen LogP contribution in [-0.2, 0) is 9.53 Å². The van der Waals surface area contributed by atoms with Crippen LogP contribution in [0.15, 0.2) is 12.2 Å². The van der Waals surface area contributed by atoms with Crippen molar-refractivity contribution in [2.24, 2.45) is 5.41 Å². The molecule has 1 unspecified atom stereocenters. The highest BCUT2D eigenvalue weighted by Gasteiger charge is 2.23. The summed E-state index contributed by atoms with van der Waals surface area (Å²) in [6, 6.07) is 0.